The van der Waals surface area contributed by atoms with Crippen molar-refractivity contribution in [2.24, 2.45) is 0 Å². The summed E-state index contributed by atoms with van der Waals surface area (Å²) < 4.78 is 0. The Kier molecular flexibility index (Phi) is 4.28. The van der Waals surface area contributed by atoms with Crippen LogP contribution in [0.1, 0.15) is 38.5 Å². The number of nitrogen functional groups attached to an aromatic ring is 1. The number of fused-ring (bicyclic) bond motifs is 1. The summed E-state index contributed by atoms with van der Waals surface area (Å²) in [7, 11) is 0. The van der Waals surface area contributed by atoms with E-state index in [-0.39, 0.29) is 0 Å². The van der Waals surface area contributed by atoms with E-state index in [2.05, 4.69) is 26.3 Å². The van der Waals surface area contributed by atoms with Gasteiger partial charge in [0.2, 0.25) is 0 Å². The van der Waals surface area contributed by atoms with Crippen LogP contribution in [0.4, 0.5) is 11.6 Å². The lowest BCUT2D eigenvalue weighted by atomic mass is 10.1. The van der Waals surface area contributed by atoms with Gasteiger partial charge in [-0.2, -0.15) is 0 Å². The van der Waals surface area contributed by atoms with Crippen molar-refractivity contribution in [2.75, 3.05) is 17.6 Å². The van der Waals surface area contributed by atoms with Crippen molar-refractivity contribution in [3.8, 4) is 0 Å². The smallest absolute Gasteiger partial charge is 0.166 e. The highest BCUT2D eigenvalue weighted by molar-refractivity contribution is 5.86. The van der Waals surface area contributed by atoms with Crippen LogP contribution in [0.5, 0.6) is 0 Å². The number of rotatable bonds is 4. The van der Waals surface area contributed by atoms with E-state index in [1.54, 1.807) is 11.6 Å². The number of pyridine rings is 1. The van der Waals surface area contributed by atoms with Gasteiger partial charge in [0.25, 0.3) is 0 Å². The zero-order chi connectivity index (χ0) is 14.5. The van der Waals surface area contributed by atoms with Crippen molar-refractivity contribution in [3.63, 3.8) is 0 Å². The summed E-state index contributed by atoms with van der Waals surface area (Å²) in [5.41, 5.74) is 7.90. The van der Waals surface area contributed by atoms with Crippen LogP contribution < -0.4 is 11.1 Å². The van der Waals surface area contributed by atoms with Crippen molar-refractivity contribution in [1.29, 1.82) is 0 Å². The maximum absolute atomic E-state index is 5.69. The molecule has 5 heteroatoms. The predicted octanol–water partition coefficient (Wildman–Crippen LogP) is 3.30. The van der Waals surface area contributed by atoms with Crippen LogP contribution in [0.25, 0.3) is 11.0 Å². The lowest BCUT2D eigenvalue weighted by Gasteiger charge is -2.09. The van der Waals surface area contributed by atoms with Gasteiger partial charge in [-0.25, -0.2) is 15.0 Å². The molecular formula is C16H21N5. The summed E-state index contributed by atoms with van der Waals surface area (Å²) in [4.78, 5) is 12.7. The fourth-order valence-corrected chi connectivity index (χ4v) is 2.75. The van der Waals surface area contributed by atoms with Gasteiger partial charge >= 0.3 is 0 Å². The second-order valence-corrected chi connectivity index (χ2v) is 5.47. The zero-order valence-electron chi connectivity index (χ0n) is 12.2. The molecule has 0 aliphatic heterocycles. The number of hydrogen-bond acceptors (Lipinski definition) is 5. The molecule has 5 nitrogen and oxygen atoms in total. The molecule has 0 bridgehead atoms. The molecule has 3 N–H and O–H groups in total. The van der Waals surface area contributed by atoms with Crippen LogP contribution >= 0.6 is 0 Å². The summed E-state index contributed by atoms with van der Waals surface area (Å²) in [6.07, 6.45) is 11.5. The Morgan fingerprint density at radius 1 is 1.14 bits per heavy atom. The van der Waals surface area contributed by atoms with E-state index in [9.17, 15) is 0 Å². The molecule has 2 aromatic rings. The fraction of sp³-hybridized carbons (Fsp3) is 0.438. The molecule has 0 radical (unpaired) electrons. The maximum Gasteiger partial charge on any atom is 0.166 e. The highest BCUT2D eigenvalue weighted by Crippen LogP contribution is 2.21. The second kappa shape index (κ2) is 6.52. The molecule has 0 spiro atoms. The molecule has 1 aliphatic carbocycles. The summed E-state index contributed by atoms with van der Waals surface area (Å²) in [5.74, 6) is 1.32. The summed E-state index contributed by atoms with van der Waals surface area (Å²) in [6.45, 7) is 0.891. The van der Waals surface area contributed by atoms with Gasteiger partial charge in [-0.1, -0.05) is 18.1 Å². The van der Waals surface area contributed by atoms with Gasteiger partial charge in [0, 0.05) is 6.54 Å². The lowest BCUT2D eigenvalue weighted by molar-refractivity contribution is 0.704. The van der Waals surface area contributed by atoms with Crippen LogP contribution in [0.15, 0.2) is 30.1 Å². The molecule has 0 aromatic carbocycles. The first-order valence-corrected chi connectivity index (χ1v) is 7.62. The summed E-state index contributed by atoms with van der Waals surface area (Å²) in [5, 5.41) is 4.32. The SMILES string of the molecule is Nc1ccc2c(NCCC3=CCCCCC3)ncnc2n1. The van der Waals surface area contributed by atoms with Crippen LogP contribution in [0, 0.1) is 0 Å². The molecule has 2 heterocycles. The van der Waals surface area contributed by atoms with E-state index in [0.717, 1.165) is 24.2 Å². The Bertz CT molecular complexity index is 650. The number of nitrogens with two attached hydrogens (primary N) is 1. The molecule has 0 amide bonds. The summed E-state index contributed by atoms with van der Waals surface area (Å²) >= 11 is 0. The minimum atomic E-state index is 0.482. The topological polar surface area (TPSA) is 76.7 Å². The Labute approximate surface area is 124 Å². The zero-order valence-corrected chi connectivity index (χ0v) is 12.2. The maximum atomic E-state index is 5.69. The molecule has 0 saturated heterocycles. The highest BCUT2D eigenvalue weighted by Gasteiger charge is 2.06. The van der Waals surface area contributed by atoms with E-state index < -0.39 is 0 Å². The number of allylic oxidation sites excluding steroid dienone is 1. The van der Waals surface area contributed by atoms with Crippen LogP contribution in [-0.4, -0.2) is 21.5 Å². The number of nitrogens with zero attached hydrogens (tertiary/aromatic N) is 3. The molecule has 0 unspecified atom stereocenters. The third-order valence-corrected chi connectivity index (χ3v) is 3.89. The average Bonchev–Trinajstić information content (AvgIpc) is 2.76. The predicted molar refractivity (Wildman–Crippen MR) is 86.0 cm³/mol. The average molecular weight is 283 g/mol. The standard InChI is InChI=1S/C16H21N5/c17-14-8-7-13-15(19-11-20-16(13)21-14)18-10-9-12-5-3-1-2-4-6-12/h5,7-8,11H,1-4,6,9-10H2,(H3,17,18,19,20,21). The minimum Gasteiger partial charge on any atom is -0.384 e. The number of anilines is 2. The number of hydrogen-bond donors (Lipinski definition) is 2. The van der Waals surface area contributed by atoms with E-state index in [0.29, 0.717) is 11.5 Å². The van der Waals surface area contributed by atoms with Crippen LogP contribution in [0.2, 0.25) is 0 Å². The second-order valence-electron chi connectivity index (χ2n) is 5.47. The van der Waals surface area contributed by atoms with Gasteiger partial charge in [0.15, 0.2) is 5.65 Å². The van der Waals surface area contributed by atoms with Gasteiger partial charge in [-0.05, 0) is 44.2 Å². The van der Waals surface area contributed by atoms with Gasteiger partial charge in [-0.3, -0.25) is 0 Å². The lowest BCUT2D eigenvalue weighted by Crippen LogP contribution is -2.06. The Morgan fingerprint density at radius 2 is 2.10 bits per heavy atom. The Balaban J connectivity index is 1.66. The molecule has 110 valence electrons. The third-order valence-electron chi connectivity index (χ3n) is 3.89. The molecule has 2 aromatic heterocycles. The normalized spacial score (nSPS) is 15.5. The van der Waals surface area contributed by atoms with E-state index in [4.69, 9.17) is 5.73 Å². The van der Waals surface area contributed by atoms with Crippen molar-refractivity contribution < 1.29 is 0 Å². The van der Waals surface area contributed by atoms with Gasteiger partial charge < -0.3 is 11.1 Å². The number of aromatic nitrogens is 3. The molecule has 0 fully saturated rings. The minimum absolute atomic E-state index is 0.482. The fourth-order valence-electron chi connectivity index (χ4n) is 2.75. The van der Waals surface area contributed by atoms with Gasteiger partial charge in [-0.15, -0.1) is 0 Å². The van der Waals surface area contributed by atoms with Crippen LogP contribution in [-0.2, 0) is 0 Å². The highest BCUT2D eigenvalue weighted by atomic mass is 15.0. The van der Waals surface area contributed by atoms with Gasteiger partial charge in [0.1, 0.15) is 18.0 Å². The van der Waals surface area contributed by atoms with E-state index >= 15 is 0 Å². The summed E-state index contributed by atoms with van der Waals surface area (Å²) in [6, 6.07) is 3.70. The first-order chi connectivity index (χ1) is 10.3. The monoisotopic (exact) mass is 283 g/mol. The molecule has 0 saturated carbocycles. The van der Waals surface area contributed by atoms with Crippen LogP contribution in [0.3, 0.4) is 0 Å². The number of nitrogens with one attached hydrogen (secondary N) is 1. The molecular weight excluding hydrogens is 262 g/mol. The molecule has 0 atom stereocenters. The Hall–Kier alpha value is -2.17. The van der Waals surface area contributed by atoms with Crippen molar-refractivity contribution in [2.45, 2.75) is 38.5 Å². The van der Waals surface area contributed by atoms with Crippen molar-refractivity contribution in [1.82, 2.24) is 15.0 Å². The largest absolute Gasteiger partial charge is 0.384 e. The van der Waals surface area contributed by atoms with Crippen molar-refractivity contribution >= 4 is 22.7 Å². The van der Waals surface area contributed by atoms with Crippen molar-refractivity contribution in [3.05, 3.63) is 30.1 Å². The first-order valence-electron chi connectivity index (χ1n) is 7.62. The van der Waals surface area contributed by atoms with E-state index in [1.165, 1.54) is 38.4 Å². The quantitative estimate of drug-likeness (QED) is 0.842. The molecule has 21 heavy (non-hydrogen) atoms. The first kappa shape index (κ1) is 13.8. The molecule has 1 aliphatic rings. The van der Waals surface area contributed by atoms with E-state index in [1.807, 2.05) is 6.07 Å². The Morgan fingerprint density at radius 3 is 3.05 bits per heavy atom. The van der Waals surface area contributed by atoms with Gasteiger partial charge in [0.05, 0.1) is 5.39 Å². The molecule has 3 rings (SSSR count). The third kappa shape index (κ3) is 3.48.